The molecule has 1 unspecified atom stereocenters. The number of aromatic nitrogens is 2. The van der Waals surface area contributed by atoms with E-state index in [1.807, 2.05) is 16.0 Å². The summed E-state index contributed by atoms with van der Waals surface area (Å²) in [5.74, 6) is 0. The Kier molecular flexibility index (Phi) is 5.22. The molecule has 1 fully saturated rings. The van der Waals surface area contributed by atoms with Crippen molar-refractivity contribution in [1.29, 1.82) is 0 Å². The molecule has 1 aromatic carbocycles. The van der Waals surface area contributed by atoms with Crippen LogP contribution in [0.4, 0.5) is 10.8 Å². The van der Waals surface area contributed by atoms with Gasteiger partial charge in [-0.05, 0) is 60.8 Å². The first-order valence-corrected chi connectivity index (χ1v) is 11.0. The van der Waals surface area contributed by atoms with Gasteiger partial charge in [0, 0.05) is 18.5 Å². The van der Waals surface area contributed by atoms with Crippen molar-refractivity contribution in [2.45, 2.75) is 39.4 Å². The lowest BCUT2D eigenvalue weighted by Gasteiger charge is -2.20. The zero-order chi connectivity index (χ0) is 18.1. The molecule has 0 amide bonds. The quantitative estimate of drug-likeness (QED) is 0.617. The van der Waals surface area contributed by atoms with E-state index in [-0.39, 0.29) is 0 Å². The molecule has 26 heavy (non-hydrogen) atoms. The molecule has 0 radical (unpaired) electrons. The fourth-order valence-corrected chi connectivity index (χ4v) is 5.47. The first-order chi connectivity index (χ1) is 12.6. The van der Waals surface area contributed by atoms with E-state index in [1.54, 1.807) is 16.2 Å². The number of anilines is 2. The summed E-state index contributed by atoms with van der Waals surface area (Å²) in [5, 5.41) is 11.2. The van der Waals surface area contributed by atoms with Crippen LogP contribution >= 0.6 is 34.9 Å². The average Bonchev–Trinajstić information content (AvgIpc) is 3.33. The number of hydrogen-bond donors (Lipinski definition) is 2. The van der Waals surface area contributed by atoms with Crippen LogP contribution in [0.5, 0.6) is 0 Å². The van der Waals surface area contributed by atoms with Gasteiger partial charge in [0.15, 0.2) is 10.6 Å². The lowest BCUT2D eigenvalue weighted by atomic mass is 10.1. The molecule has 2 N–H and O–H groups in total. The second-order valence-electron chi connectivity index (χ2n) is 6.87. The highest BCUT2D eigenvalue weighted by Crippen LogP contribution is 2.25. The van der Waals surface area contributed by atoms with Gasteiger partial charge < -0.3 is 10.2 Å². The van der Waals surface area contributed by atoms with Crippen molar-refractivity contribution < 1.29 is 4.90 Å². The Morgan fingerprint density at radius 3 is 2.96 bits per heavy atom. The molecule has 0 bridgehead atoms. The number of quaternary nitrogens is 1. The molecule has 2 atom stereocenters. The lowest BCUT2D eigenvalue weighted by molar-refractivity contribution is -0.941. The maximum absolute atomic E-state index is 5.58. The maximum atomic E-state index is 5.58. The van der Waals surface area contributed by atoms with Crippen molar-refractivity contribution in [3.05, 3.63) is 55.7 Å². The molecule has 1 aliphatic heterocycles. The standard InChI is InChI=1S/C19H22N4S3/c1-13-7-8-15(11-14(13)2)20-18-21-23(19(24)26-18)12-22-9-3-5-16(22)17-6-4-10-25-17/h4,6-8,10-11,16H,3,5,9,12H2,1-2H3,(H,20,21)/p+1/t16-/m0/s1. The summed E-state index contributed by atoms with van der Waals surface area (Å²) in [5.41, 5.74) is 3.64. The summed E-state index contributed by atoms with van der Waals surface area (Å²) in [7, 11) is 0. The molecule has 4 nitrogen and oxygen atoms in total. The SMILES string of the molecule is Cc1ccc(Nc2nn(C[NH+]3CCC[C@H]3c3cccs3)c(=S)s2)cc1C. The number of aryl methyl sites for hydroxylation is 2. The summed E-state index contributed by atoms with van der Waals surface area (Å²) in [6.07, 6.45) is 2.52. The maximum Gasteiger partial charge on any atom is 0.209 e. The smallest absolute Gasteiger partial charge is 0.209 e. The predicted molar refractivity (Wildman–Crippen MR) is 112 cm³/mol. The van der Waals surface area contributed by atoms with Crippen LogP contribution < -0.4 is 10.2 Å². The van der Waals surface area contributed by atoms with Crippen LogP contribution in [0.1, 0.15) is 34.9 Å². The monoisotopic (exact) mass is 403 g/mol. The molecule has 0 saturated carbocycles. The number of benzene rings is 1. The minimum atomic E-state index is 0.578. The van der Waals surface area contributed by atoms with Crippen LogP contribution in [-0.4, -0.2) is 16.3 Å². The number of rotatable bonds is 5. The lowest BCUT2D eigenvalue weighted by Crippen LogP contribution is -3.09. The van der Waals surface area contributed by atoms with Gasteiger partial charge in [-0.3, -0.25) is 0 Å². The van der Waals surface area contributed by atoms with Crippen LogP contribution in [0.3, 0.4) is 0 Å². The van der Waals surface area contributed by atoms with Crippen LogP contribution in [-0.2, 0) is 6.67 Å². The van der Waals surface area contributed by atoms with E-state index in [9.17, 15) is 0 Å². The van der Waals surface area contributed by atoms with Gasteiger partial charge in [-0.15, -0.1) is 16.4 Å². The van der Waals surface area contributed by atoms with Crippen molar-refractivity contribution >= 4 is 45.7 Å². The summed E-state index contributed by atoms with van der Waals surface area (Å²) >= 11 is 8.99. The highest BCUT2D eigenvalue weighted by molar-refractivity contribution is 7.73. The molecule has 0 spiro atoms. The van der Waals surface area contributed by atoms with E-state index in [0.29, 0.717) is 6.04 Å². The van der Waals surface area contributed by atoms with Crippen LogP contribution in [0.2, 0.25) is 0 Å². The molecule has 2 aromatic heterocycles. The van der Waals surface area contributed by atoms with Gasteiger partial charge in [0.1, 0.15) is 6.04 Å². The van der Waals surface area contributed by atoms with Crippen molar-refractivity contribution in [1.82, 2.24) is 9.78 Å². The molecule has 1 saturated heterocycles. The Morgan fingerprint density at radius 2 is 2.19 bits per heavy atom. The van der Waals surface area contributed by atoms with Crippen LogP contribution in [0.25, 0.3) is 0 Å². The molecule has 7 heteroatoms. The zero-order valence-electron chi connectivity index (χ0n) is 15.0. The summed E-state index contributed by atoms with van der Waals surface area (Å²) in [4.78, 5) is 3.04. The van der Waals surface area contributed by atoms with Gasteiger partial charge in [-0.2, -0.15) is 4.68 Å². The van der Waals surface area contributed by atoms with Crippen molar-refractivity contribution in [2.24, 2.45) is 0 Å². The number of nitrogens with zero attached hydrogens (tertiary/aromatic N) is 2. The fraction of sp³-hybridized carbons (Fsp3) is 0.368. The van der Waals surface area contributed by atoms with Crippen molar-refractivity contribution in [3.63, 3.8) is 0 Å². The van der Waals surface area contributed by atoms with E-state index >= 15 is 0 Å². The normalized spacial score (nSPS) is 19.8. The third-order valence-corrected chi connectivity index (χ3v) is 7.30. The Labute approximate surface area is 167 Å². The topological polar surface area (TPSA) is 34.3 Å². The predicted octanol–water partition coefficient (Wildman–Crippen LogP) is 4.47. The van der Waals surface area contributed by atoms with E-state index in [2.05, 4.69) is 54.9 Å². The number of likely N-dealkylation sites (tertiary alicyclic amines) is 1. The first kappa shape index (κ1) is 17.9. The number of thiophene rings is 1. The van der Waals surface area contributed by atoms with Gasteiger partial charge in [0.2, 0.25) is 5.13 Å². The van der Waals surface area contributed by atoms with E-state index < -0.39 is 0 Å². The average molecular weight is 404 g/mol. The third kappa shape index (κ3) is 3.76. The number of nitrogens with one attached hydrogen (secondary N) is 2. The molecule has 0 aliphatic carbocycles. The second-order valence-corrected chi connectivity index (χ2v) is 9.48. The number of hydrogen-bond acceptors (Lipinski definition) is 5. The molecular weight excluding hydrogens is 380 g/mol. The van der Waals surface area contributed by atoms with Gasteiger partial charge in [-0.1, -0.05) is 23.5 Å². The van der Waals surface area contributed by atoms with Gasteiger partial charge in [0.05, 0.1) is 11.4 Å². The summed E-state index contributed by atoms with van der Waals surface area (Å²) in [6, 6.07) is 11.4. The highest BCUT2D eigenvalue weighted by Gasteiger charge is 2.31. The summed E-state index contributed by atoms with van der Waals surface area (Å²) in [6.45, 7) is 6.28. The van der Waals surface area contributed by atoms with E-state index in [4.69, 9.17) is 17.3 Å². The van der Waals surface area contributed by atoms with E-state index in [1.165, 1.54) is 35.4 Å². The second kappa shape index (κ2) is 7.60. The fourth-order valence-electron chi connectivity index (χ4n) is 3.53. The molecule has 3 aromatic rings. The Morgan fingerprint density at radius 1 is 1.31 bits per heavy atom. The zero-order valence-corrected chi connectivity index (χ0v) is 17.4. The highest BCUT2D eigenvalue weighted by atomic mass is 32.1. The molecule has 1 aliphatic rings. The minimum absolute atomic E-state index is 0.578. The van der Waals surface area contributed by atoms with Crippen LogP contribution in [0.15, 0.2) is 35.7 Å². The Balaban J connectivity index is 1.49. The molecular formula is C19H23N4S3+. The Bertz CT molecular complexity index is 942. The van der Waals surface area contributed by atoms with Gasteiger partial charge in [0.25, 0.3) is 0 Å². The minimum Gasteiger partial charge on any atom is -0.330 e. The van der Waals surface area contributed by atoms with Gasteiger partial charge >= 0.3 is 0 Å². The van der Waals surface area contributed by atoms with Crippen molar-refractivity contribution in [2.75, 3.05) is 11.9 Å². The molecule has 3 heterocycles. The van der Waals surface area contributed by atoms with Crippen LogP contribution in [0, 0.1) is 17.8 Å². The molecule has 136 valence electrons. The van der Waals surface area contributed by atoms with Crippen molar-refractivity contribution in [3.8, 4) is 0 Å². The Hall–Kier alpha value is -1.54. The summed E-state index contributed by atoms with van der Waals surface area (Å²) < 4.78 is 2.82. The molecule has 4 rings (SSSR count). The largest absolute Gasteiger partial charge is 0.330 e. The first-order valence-electron chi connectivity index (χ1n) is 8.90. The van der Waals surface area contributed by atoms with Gasteiger partial charge in [-0.25, -0.2) is 0 Å². The van der Waals surface area contributed by atoms with E-state index in [0.717, 1.165) is 21.4 Å². The third-order valence-electron chi connectivity index (χ3n) is 5.09.